The van der Waals surface area contributed by atoms with E-state index in [-0.39, 0.29) is 69.0 Å². The molecule has 1 aromatic heterocycles. The highest BCUT2D eigenvalue weighted by Crippen LogP contribution is 2.05. The first-order valence-electron chi connectivity index (χ1n) is 18.6. The normalized spacial score (nSPS) is 10.7. The van der Waals surface area contributed by atoms with Crippen LogP contribution in [0, 0.1) is 4.91 Å². The maximum Gasteiger partial charge on any atom is 0.440 e. The van der Waals surface area contributed by atoms with Gasteiger partial charge in [-0.25, -0.2) is 24.7 Å². The summed E-state index contributed by atoms with van der Waals surface area (Å²) in [6.07, 6.45) is 11.4. The summed E-state index contributed by atoms with van der Waals surface area (Å²) in [5.41, 5.74) is 0. The van der Waals surface area contributed by atoms with Crippen LogP contribution in [0.15, 0.2) is 17.6 Å². The van der Waals surface area contributed by atoms with Crippen molar-refractivity contribution in [3.05, 3.63) is 17.3 Å². The van der Waals surface area contributed by atoms with Gasteiger partial charge in [0.2, 0.25) is 35.4 Å². The second kappa shape index (κ2) is 29.0. The third kappa shape index (κ3) is 23.6. The van der Waals surface area contributed by atoms with Crippen LogP contribution < -0.4 is 20.5 Å². The number of H-pyrrole nitrogens is 1. The number of aromatic amines is 1. The molecule has 0 aliphatic heterocycles. The summed E-state index contributed by atoms with van der Waals surface area (Å²) in [5.74, 6) is -1.94. The fourth-order valence-electron chi connectivity index (χ4n) is 5.10. The molecule has 0 bridgehead atoms. The number of imidazole rings is 1. The lowest BCUT2D eigenvalue weighted by molar-refractivity contribution is -0.683. The van der Waals surface area contributed by atoms with E-state index in [9.17, 15) is 49.3 Å². The van der Waals surface area contributed by atoms with E-state index in [2.05, 4.69) is 26.1 Å². The van der Waals surface area contributed by atoms with Gasteiger partial charge in [0.05, 0.1) is 18.9 Å². The van der Waals surface area contributed by atoms with E-state index >= 15 is 0 Å². The van der Waals surface area contributed by atoms with E-state index in [1.807, 2.05) is 0 Å². The molecule has 0 fully saturated rings. The topological polar surface area (TPSA) is 258 Å². The Bertz CT molecular complexity index is 1260. The third-order valence-corrected chi connectivity index (χ3v) is 8.31. The van der Waals surface area contributed by atoms with Crippen molar-refractivity contribution in [2.75, 3.05) is 39.3 Å². The highest BCUT2D eigenvalue weighted by atomic mass is 16.5. The van der Waals surface area contributed by atoms with Gasteiger partial charge in [-0.05, 0) is 77.0 Å². The van der Waals surface area contributed by atoms with E-state index in [4.69, 9.17) is 0 Å². The highest BCUT2D eigenvalue weighted by molar-refractivity contribution is 5.83. The van der Waals surface area contributed by atoms with Crippen molar-refractivity contribution < 1.29 is 49.0 Å². The number of rotatable bonds is 31. The van der Waals surface area contributed by atoms with Gasteiger partial charge in [-0.1, -0.05) is 4.91 Å². The van der Waals surface area contributed by atoms with Crippen LogP contribution in [0.5, 0.6) is 0 Å². The molecule has 0 saturated heterocycles. The molecule has 53 heavy (non-hydrogen) atoms. The van der Waals surface area contributed by atoms with Gasteiger partial charge in [0.15, 0.2) is 5.18 Å². The summed E-state index contributed by atoms with van der Waals surface area (Å²) in [7, 11) is 0. The Hall–Kier alpha value is -4.49. The Morgan fingerprint density at radius 1 is 0.604 bits per heavy atom. The summed E-state index contributed by atoms with van der Waals surface area (Å²) in [6, 6.07) is 0. The Balaban J connectivity index is 1.97. The number of carbonyl (C=O) groups excluding carboxylic acids is 6. The molecule has 0 spiro atoms. The van der Waals surface area contributed by atoms with E-state index in [1.165, 1.54) is 6.92 Å². The van der Waals surface area contributed by atoms with Crippen LogP contribution in [-0.2, 0) is 35.3 Å². The number of hydrogen-bond donors (Lipinski definition) is 7. The highest BCUT2D eigenvalue weighted by Gasteiger charge is 2.15. The smallest absolute Gasteiger partial charge is 0.356 e. The first-order chi connectivity index (χ1) is 25.4. The van der Waals surface area contributed by atoms with Crippen molar-refractivity contribution in [2.24, 2.45) is 5.18 Å². The van der Waals surface area contributed by atoms with Crippen molar-refractivity contribution in [3.63, 3.8) is 0 Å². The average Bonchev–Trinajstić information content (AvgIpc) is 3.60. The van der Waals surface area contributed by atoms with Crippen LogP contribution in [-0.4, -0.2) is 111 Å². The third-order valence-electron chi connectivity index (χ3n) is 8.31. The van der Waals surface area contributed by atoms with Crippen LogP contribution in [0.3, 0.4) is 0 Å². The summed E-state index contributed by atoms with van der Waals surface area (Å²) in [4.78, 5) is 84.6. The lowest BCUT2D eigenvalue weighted by Gasteiger charge is -2.15. The van der Waals surface area contributed by atoms with E-state index in [0.717, 1.165) is 19.3 Å². The number of unbranched alkanes of at least 4 members (excludes halogenated alkanes) is 8. The van der Waals surface area contributed by atoms with Gasteiger partial charge in [0.1, 0.15) is 0 Å². The van der Waals surface area contributed by atoms with Crippen molar-refractivity contribution >= 4 is 41.4 Å². The van der Waals surface area contributed by atoms with Crippen molar-refractivity contribution in [2.45, 2.75) is 123 Å². The molecule has 6 amide bonds. The zero-order valence-corrected chi connectivity index (χ0v) is 31.1. The molecule has 0 saturated carbocycles. The van der Waals surface area contributed by atoms with Crippen molar-refractivity contribution in [3.8, 4) is 0 Å². The second-order valence-electron chi connectivity index (χ2n) is 12.8. The van der Waals surface area contributed by atoms with E-state index in [0.29, 0.717) is 106 Å². The predicted molar refractivity (Wildman–Crippen MR) is 190 cm³/mol. The predicted octanol–water partition coefficient (Wildman–Crippen LogP) is 2.35. The fourth-order valence-corrected chi connectivity index (χ4v) is 5.10. The van der Waals surface area contributed by atoms with Crippen LogP contribution in [0.25, 0.3) is 0 Å². The number of carbonyl (C=O) groups is 6. The molecule has 1 heterocycles. The number of hydroxylamine groups is 6. The maximum atomic E-state index is 12.2. The number of aryl methyl sites for hydroxylation is 1. The molecule has 7 N–H and O–H groups in total. The molecule has 0 atom stereocenters. The van der Waals surface area contributed by atoms with E-state index in [1.54, 1.807) is 17.0 Å². The Morgan fingerprint density at radius 3 is 1.49 bits per heavy atom. The molecule has 1 rings (SSSR count). The molecule has 0 unspecified atom stereocenters. The number of amides is 6. The Morgan fingerprint density at radius 2 is 1.04 bits per heavy atom. The maximum absolute atomic E-state index is 12.2. The zero-order valence-electron chi connectivity index (χ0n) is 31.1. The number of nitroso groups, excluding NO2 is 1. The SMILES string of the molecule is CC(=O)N(O)CCCCCNC(=O)CCC(=O)N(O)CCCCCNC(=O)CCC(=O)N(O)CCCCCNC(=O)CCCCC[n+]1cc[nH]c1N=O. The van der Waals surface area contributed by atoms with Crippen LogP contribution in [0.2, 0.25) is 0 Å². The number of nitrogens with one attached hydrogen (secondary N) is 4. The number of aromatic nitrogens is 2. The quantitative estimate of drug-likeness (QED) is 0.0191. The standard InChI is InChI=1S/C34H59N9O10/c1-28(44)41(51)24-11-3-7-20-36-30(46)15-17-33(49)43(53)26-13-5-9-21-37-31(47)16-18-32(48)42(52)25-12-4-8-19-35-29(45)14-6-2-10-23-40-27-22-38-34(40)39-50/h22,27,51-53H,2-21,23-26H2,1H3,(H3,35,36,37,45,46,47)/p+1. The van der Waals surface area contributed by atoms with Gasteiger partial charge in [-0.3, -0.25) is 44.4 Å². The minimum absolute atomic E-state index is 0.0309. The Kier molecular flexibility index (Phi) is 25.5. The molecular weight excluding hydrogens is 694 g/mol. The van der Waals surface area contributed by atoms with Crippen molar-refractivity contribution in [1.29, 1.82) is 0 Å². The largest absolute Gasteiger partial charge is 0.440 e. The van der Waals surface area contributed by atoms with Crippen LogP contribution >= 0.6 is 0 Å². The minimum atomic E-state index is -0.565. The van der Waals surface area contributed by atoms with Gasteiger partial charge in [-0.2, -0.15) is 0 Å². The molecule has 0 aliphatic carbocycles. The van der Waals surface area contributed by atoms with Crippen molar-refractivity contribution in [1.82, 2.24) is 36.1 Å². The van der Waals surface area contributed by atoms with Gasteiger partial charge in [0.25, 0.3) is 0 Å². The molecular formula is C34H60N9O10+. The summed E-state index contributed by atoms with van der Waals surface area (Å²) < 4.78 is 1.73. The minimum Gasteiger partial charge on any atom is -0.356 e. The lowest BCUT2D eigenvalue weighted by Crippen LogP contribution is -2.31. The fraction of sp³-hybridized carbons (Fsp3) is 0.735. The molecule has 300 valence electrons. The molecule has 1 aromatic rings. The van der Waals surface area contributed by atoms with Gasteiger partial charge < -0.3 is 16.0 Å². The van der Waals surface area contributed by atoms with Gasteiger partial charge in [-0.15, -0.1) is 0 Å². The van der Waals surface area contributed by atoms with Gasteiger partial charge >= 0.3 is 5.95 Å². The lowest BCUT2D eigenvalue weighted by atomic mass is 10.2. The zero-order chi connectivity index (χ0) is 39.3. The van der Waals surface area contributed by atoms with E-state index < -0.39 is 17.7 Å². The first-order valence-corrected chi connectivity index (χ1v) is 18.6. The molecule has 19 heteroatoms. The molecule has 0 aliphatic rings. The monoisotopic (exact) mass is 754 g/mol. The number of nitrogens with zero attached hydrogens (tertiary/aromatic N) is 5. The summed E-state index contributed by atoms with van der Waals surface area (Å²) in [5, 5.41) is 42.2. The van der Waals surface area contributed by atoms with Crippen LogP contribution in [0.1, 0.15) is 116 Å². The second-order valence-corrected chi connectivity index (χ2v) is 12.8. The number of hydrogen-bond acceptors (Lipinski definition) is 11. The first kappa shape index (κ1) is 46.5. The average molecular weight is 755 g/mol. The molecule has 19 nitrogen and oxygen atoms in total. The van der Waals surface area contributed by atoms with Gasteiger partial charge in [0, 0.05) is 78.3 Å². The van der Waals surface area contributed by atoms with Crippen LogP contribution in [0.4, 0.5) is 5.95 Å². The molecule has 0 radical (unpaired) electrons. The molecule has 0 aromatic carbocycles. The summed E-state index contributed by atoms with van der Waals surface area (Å²) >= 11 is 0. The summed E-state index contributed by atoms with van der Waals surface area (Å²) in [6.45, 7) is 3.63. The Labute approximate surface area is 310 Å².